The van der Waals surface area contributed by atoms with Gasteiger partial charge in [0, 0.05) is 36.7 Å². The van der Waals surface area contributed by atoms with Gasteiger partial charge in [-0.05, 0) is 31.4 Å². The molecule has 0 saturated heterocycles. The van der Waals surface area contributed by atoms with Crippen molar-refractivity contribution in [2.75, 3.05) is 0 Å². The maximum absolute atomic E-state index is 12.3. The Morgan fingerprint density at radius 1 is 1.14 bits per heavy atom. The first kappa shape index (κ1) is 18.8. The van der Waals surface area contributed by atoms with Gasteiger partial charge in [-0.25, -0.2) is 14.5 Å². The molecule has 148 valence electrons. The average molecular weight is 390 g/mol. The molecule has 8 heteroatoms. The van der Waals surface area contributed by atoms with Crippen LogP contribution in [0.2, 0.25) is 0 Å². The first-order valence-electron chi connectivity index (χ1n) is 9.47. The van der Waals surface area contributed by atoms with Crippen molar-refractivity contribution >= 4 is 11.7 Å². The zero-order valence-corrected chi connectivity index (χ0v) is 16.4. The van der Waals surface area contributed by atoms with E-state index >= 15 is 0 Å². The van der Waals surface area contributed by atoms with Crippen LogP contribution in [0.3, 0.4) is 0 Å². The molecule has 3 aromatic heterocycles. The minimum Gasteiger partial charge on any atom is -0.457 e. The number of imidazole rings is 1. The first-order chi connectivity index (χ1) is 14.1. The molecule has 0 saturated carbocycles. The van der Waals surface area contributed by atoms with E-state index in [1.807, 2.05) is 42.8 Å². The van der Waals surface area contributed by atoms with E-state index in [1.165, 1.54) is 11.9 Å². The van der Waals surface area contributed by atoms with E-state index in [2.05, 4.69) is 32.2 Å². The largest absolute Gasteiger partial charge is 0.457 e. The van der Waals surface area contributed by atoms with Crippen LogP contribution in [0.25, 0.3) is 5.78 Å². The Morgan fingerprint density at radius 2 is 1.97 bits per heavy atom. The molecule has 0 aliphatic rings. The lowest BCUT2D eigenvalue weighted by Gasteiger charge is -2.11. The van der Waals surface area contributed by atoms with E-state index in [0.29, 0.717) is 18.7 Å². The van der Waals surface area contributed by atoms with Crippen LogP contribution in [0.4, 0.5) is 0 Å². The summed E-state index contributed by atoms with van der Waals surface area (Å²) in [4.78, 5) is 25.2. The Kier molecular flexibility index (Phi) is 5.33. The molecular formula is C21H22N6O2. The molecule has 0 atom stereocenters. The van der Waals surface area contributed by atoms with Crippen LogP contribution in [-0.4, -0.2) is 35.1 Å². The van der Waals surface area contributed by atoms with Crippen LogP contribution in [0.5, 0.6) is 0 Å². The lowest BCUT2D eigenvalue weighted by atomic mass is 10.1. The highest BCUT2D eigenvalue weighted by Crippen LogP contribution is 2.15. The average Bonchev–Trinajstić information content (AvgIpc) is 3.36. The quantitative estimate of drug-likeness (QED) is 0.451. The summed E-state index contributed by atoms with van der Waals surface area (Å²) < 4.78 is 9.14. The molecule has 4 aromatic rings. The summed E-state index contributed by atoms with van der Waals surface area (Å²) in [5.74, 6) is 1.02. The fourth-order valence-corrected chi connectivity index (χ4v) is 3.37. The molecule has 0 fully saturated rings. The second kappa shape index (κ2) is 8.22. The van der Waals surface area contributed by atoms with Crippen LogP contribution in [0.15, 0.2) is 49.1 Å². The normalized spacial score (nSPS) is 11.1. The van der Waals surface area contributed by atoms with E-state index < -0.39 is 0 Å². The Hall–Kier alpha value is -3.55. The summed E-state index contributed by atoms with van der Waals surface area (Å²) in [5.41, 5.74) is 3.95. The number of aromatic nitrogens is 6. The smallest absolute Gasteiger partial charge is 0.306 e. The van der Waals surface area contributed by atoms with E-state index in [-0.39, 0.29) is 19.0 Å². The van der Waals surface area contributed by atoms with Gasteiger partial charge in [0.2, 0.25) is 0 Å². The van der Waals surface area contributed by atoms with Gasteiger partial charge in [0.25, 0.3) is 5.78 Å². The molecule has 3 heterocycles. The van der Waals surface area contributed by atoms with Crippen molar-refractivity contribution in [2.24, 2.45) is 0 Å². The fourth-order valence-electron chi connectivity index (χ4n) is 3.37. The van der Waals surface area contributed by atoms with E-state index in [1.54, 1.807) is 10.7 Å². The summed E-state index contributed by atoms with van der Waals surface area (Å²) in [7, 11) is 0. The number of nitrogens with zero attached hydrogens (tertiary/aromatic N) is 6. The highest BCUT2D eigenvalue weighted by atomic mass is 16.5. The Morgan fingerprint density at radius 3 is 2.79 bits per heavy atom. The number of esters is 1. The summed E-state index contributed by atoms with van der Waals surface area (Å²) >= 11 is 0. The van der Waals surface area contributed by atoms with Crippen molar-refractivity contribution in [1.29, 1.82) is 0 Å². The number of fused-ring (bicyclic) bond motifs is 1. The van der Waals surface area contributed by atoms with E-state index in [0.717, 1.165) is 22.8 Å². The third-order valence-electron chi connectivity index (χ3n) is 4.93. The number of rotatable bonds is 7. The lowest BCUT2D eigenvalue weighted by Crippen LogP contribution is -2.12. The van der Waals surface area contributed by atoms with Crippen LogP contribution < -0.4 is 0 Å². The number of carbonyl (C=O) groups is 1. The van der Waals surface area contributed by atoms with Gasteiger partial charge >= 0.3 is 5.97 Å². The molecule has 0 aliphatic heterocycles. The summed E-state index contributed by atoms with van der Waals surface area (Å²) in [5, 5.41) is 4.18. The number of aryl methyl sites for hydroxylation is 2. The van der Waals surface area contributed by atoms with Crippen LogP contribution >= 0.6 is 0 Å². The maximum Gasteiger partial charge on any atom is 0.306 e. The number of hydrogen-bond donors (Lipinski definition) is 0. The molecule has 0 radical (unpaired) electrons. The number of ether oxygens (including phenoxy) is 1. The van der Waals surface area contributed by atoms with Gasteiger partial charge in [-0.3, -0.25) is 4.79 Å². The topological polar surface area (TPSA) is 87.2 Å². The van der Waals surface area contributed by atoms with Gasteiger partial charge in [-0.2, -0.15) is 10.1 Å². The summed E-state index contributed by atoms with van der Waals surface area (Å²) in [6.45, 7) is 4.72. The van der Waals surface area contributed by atoms with Gasteiger partial charge < -0.3 is 9.30 Å². The molecule has 0 amide bonds. The van der Waals surface area contributed by atoms with Crippen LogP contribution in [-0.2, 0) is 29.1 Å². The SMILES string of the molecule is Cc1nc2ncnn2c(C)c1CCC(=O)OCc1nccn1Cc1ccccc1. The number of benzene rings is 1. The summed E-state index contributed by atoms with van der Waals surface area (Å²) in [6, 6.07) is 10.1. The van der Waals surface area contributed by atoms with Gasteiger partial charge in [-0.15, -0.1) is 0 Å². The van der Waals surface area contributed by atoms with Crippen molar-refractivity contribution in [2.45, 2.75) is 39.8 Å². The van der Waals surface area contributed by atoms with Crippen molar-refractivity contribution in [3.8, 4) is 0 Å². The van der Waals surface area contributed by atoms with Crippen molar-refractivity contribution < 1.29 is 9.53 Å². The molecule has 29 heavy (non-hydrogen) atoms. The third kappa shape index (κ3) is 4.16. The van der Waals surface area contributed by atoms with Crippen molar-refractivity contribution in [3.05, 3.63) is 77.4 Å². The zero-order chi connectivity index (χ0) is 20.2. The fraction of sp³-hybridized carbons (Fsp3) is 0.286. The minimum absolute atomic E-state index is 0.150. The molecule has 0 aliphatic carbocycles. The van der Waals surface area contributed by atoms with Crippen molar-refractivity contribution in [3.63, 3.8) is 0 Å². The van der Waals surface area contributed by atoms with Crippen molar-refractivity contribution in [1.82, 2.24) is 29.1 Å². The number of hydrogen-bond acceptors (Lipinski definition) is 6. The van der Waals surface area contributed by atoms with Crippen LogP contribution in [0.1, 0.15) is 34.8 Å². The first-order valence-corrected chi connectivity index (χ1v) is 9.47. The standard InChI is InChI=1S/C21H22N6O2/c1-15-18(16(2)27-21(25-15)23-14-24-27)8-9-20(28)29-13-19-22-10-11-26(19)12-17-6-4-3-5-7-17/h3-7,10-11,14H,8-9,12-13H2,1-2H3. The molecule has 0 N–H and O–H groups in total. The predicted molar refractivity (Wildman–Crippen MR) is 106 cm³/mol. The Labute approximate surface area is 168 Å². The predicted octanol–water partition coefficient (Wildman–Crippen LogP) is 2.66. The van der Waals surface area contributed by atoms with Gasteiger partial charge in [0.15, 0.2) is 0 Å². The Balaban J connectivity index is 1.35. The monoisotopic (exact) mass is 390 g/mol. The molecule has 1 aromatic carbocycles. The third-order valence-corrected chi connectivity index (χ3v) is 4.93. The van der Waals surface area contributed by atoms with E-state index in [4.69, 9.17) is 4.74 Å². The lowest BCUT2D eigenvalue weighted by molar-refractivity contribution is -0.145. The highest BCUT2D eigenvalue weighted by Gasteiger charge is 2.14. The highest BCUT2D eigenvalue weighted by molar-refractivity contribution is 5.69. The van der Waals surface area contributed by atoms with Gasteiger partial charge in [-0.1, -0.05) is 30.3 Å². The Bertz CT molecular complexity index is 1130. The molecular weight excluding hydrogens is 368 g/mol. The second-order valence-electron chi connectivity index (χ2n) is 6.85. The molecule has 0 spiro atoms. The molecule has 4 rings (SSSR count). The molecule has 8 nitrogen and oxygen atoms in total. The summed E-state index contributed by atoms with van der Waals surface area (Å²) in [6.07, 6.45) is 5.89. The minimum atomic E-state index is -0.267. The van der Waals surface area contributed by atoms with Gasteiger partial charge in [0.05, 0.1) is 0 Å². The van der Waals surface area contributed by atoms with E-state index in [9.17, 15) is 4.79 Å². The second-order valence-corrected chi connectivity index (χ2v) is 6.85. The maximum atomic E-state index is 12.3. The molecule has 0 bridgehead atoms. The van der Waals surface area contributed by atoms with Crippen LogP contribution in [0, 0.1) is 13.8 Å². The molecule has 0 unspecified atom stereocenters. The number of carbonyl (C=O) groups excluding carboxylic acids is 1. The van der Waals surface area contributed by atoms with Gasteiger partial charge in [0.1, 0.15) is 18.8 Å². The zero-order valence-electron chi connectivity index (χ0n) is 16.4.